The van der Waals surface area contributed by atoms with Crippen molar-refractivity contribution in [3.63, 3.8) is 0 Å². The number of carbonyl (C=O) groups is 1. The van der Waals surface area contributed by atoms with Crippen LogP contribution in [-0.2, 0) is 4.79 Å². The van der Waals surface area contributed by atoms with Crippen molar-refractivity contribution in [2.75, 3.05) is 17.3 Å². The molecule has 0 aliphatic heterocycles. The number of anilines is 1. The van der Waals surface area contributed by atoms with Crippen LogP contribution in [0.25, 0.3) is 11.4 Å². The van der Waals surface area contributed by atoms with Crippen LogP contribution >= 0.6 is 23.5 Å². The molecule has 7 heteroatoms. The number of hydrogen-bond donors (Lipinski definition) is 1. The molecule has 1 amide bonds. The second kappa shape index (κ2) is 9.21. The van der Waals surface area contributed by atoms with Crippen molar-refractivity contribution in [3.8, 4) is 17.5 Å². The van der Waals surface area contributed by atoms with E-state index in [1.165, 1.54) is 11.8 Å². The first-order chi connectivity index (χ1) is 13.2. The van der Waals surface area contributed by atoms with Gasteiger partial charge in [0.25, 0.3) is 0 Å². The fraction of sp³-hybridized carbons (Fsp3) is 0.100. The molecule has 0 aliphatic rings. The lowest BCUT2D eigenvalue weighted by Gasteiger charge is -2.09. The van der Waals surface area contributed by atoms with E-state index in [1.54, 1.807) is 30.1 Å². The van der Waals surface area contributed by atoms with Crippen LogP contribution in [-0.4, -0.2) is 27.9 Å². The summed E-state index contributed by atoms with van der Waals surface area (Å²) in [5.41, 5.74) is 2.62. The number of nitriles is 1. The molecule has 1 aromatic carbocycles. The number of nitrogens with zero attached hydrogens (tertiary/aromatic N) is 3. The molecule has 1 N–H and O–H groups in total. The molecule has 27 heavy (non-hydrogen) atoms. The molecule has 2 aromatic heterocycles. The van der Waals surface area contributed by atoms with Crippen molar-refractivity contribution in [2.45, 2.75) is 9.92 Å². The number of rotatable bonds is 6. The van der Waals surface area contributed by atoms with E-state index < -0.39 is 0 Å². The van der Waals surface area contributed by atoms with Gasteiger partial charge in [-0.3, -0.25) is 9.78 Å². The van der Waals surface area contributed by atoms with E-state index in [1.807, 2.05) is 48.7 Å². The fourth-order valence-corrected chi connectivity index (χ4v) is 3.69. The maximum Gasteiger partial charge on any atom is 0.234 e. The molecule has 134 valence electrons. The van der Waals surface area contributed by atoms with Crippen molar-refractivity contribution in [1.29, 1.82) is 5.26 Å². The van der Waals surface area contributed by atoms with E-state index >= 15 is 0 Å². The minimum Gasteiger partial charge on any atom is -0.324 e. The predicted molar refractivity (Wildman–Crippen MR) is 110 cm³/mol. The minimum atomic E-state index is -0.143. The molecule has 2 heterocycles. The number of nitrogens with one attached hydrogen (secondary N) is 1. The Bertz CT molecular complexity index is 987. The molecule has 0 saturated carbocycles. The van der Waals surface area contributed by atoms with E-state index in [-0.39, 0.29) is 11.7 Å². The zero-order valence-electron chi connectivity index (χ0n) is 14.5. The van der Waals surface area contributed by atoms with Crippen LogP contribution in [0, 0.1) is 11.3 Å². The molecule has 0 radical (unpaired) electrons. The summed E-state index contributed by atoms with van der Waals surface area (Å²) < 4.78 is 0. The van der Waals surface area contributed by atoms with E-state index in [2.05, 4.69) is 21.4 Å². The molecule has 0 spiro atoms. The van der Waals surface area contributed by atoms with Gasteiger partial charge in [0.15, 0.2) is 0 Å². The maximum atomic E-state index is 12.3. The van der Waals surface area contributed by atoms with Gasteiger partial charge in [-0.25, -0.2) is 4.98 Å². The van der Waals surface area contributed by atoms with Gasteiger partial charge in [-0.2, -0.15) is 5.26 Å². The zero-order valence-corrected chi connectivity index (χ0v) is 16.2. The smallest absolute Gasteiger partial charge is 0.234 e. The highest BCUT2D eigenvalue weighted by Crippen LogP contribution is 2.27. The van der Waals surface area contributed by atoms with Crippen molar-refractivity contribution in [2.24, 2.45) is 0 Å². The molecule has 3 rings (SSSR count). The average molecular weight is 393 g/mol. The van der Waals surface area contributed by atoms with Gasteiger partial charge in [-0.15, -0.1) is 11.8 Å². The second-order valence-electron chi connectivity index (χ2n) is 5.41. The number of aromatic nitrogens is 2. The summed E-state index contributed by atoms with van der Waals surface area (Å²) in [5, 5.41) is 12.8. The predicted octanol–water partition coefficient (Wildman–Crippen LogP) is 4.47. The van der Waals surface area contributed by atoms with E-state index in [4.69, 9.17) is 0 Å². The van der Waals surface area contributed by atoms with E-state index in [0.29, 0.717) is 16.3 Å². The third kappa shape index (κ3) is 4.88. The number of amides is 1. The number of pyridine rings is 2. The summed E-state index contributed by atoms with van der Waals surface area (Å²) in [6, 6.07) is 18.8. The van der Waals surface area contributed by atoms with Crippen LogP contribution in [0.1, 0.15) is 5.56 Å². The van der Waals surface area contributed by atoms with Gasteiger partial charge in [-0.1, -0.05) is 30.0 Å². The Morgan fingerprint density at radius 2 is 1.93 bits per heavy atom. The van der Waals surface area contributed by atoms with E-state index in [0.717, 1.165) is 16.3 Å². The molecule has 0 fully saturated rings. The van der Waals surface area contributed by atoms with E-state index in [9.17, 15) is 10.1 Å². The number of thioether (sulfide) groups is 2. The summed E-state index contributed by atoms with van der Waals surface area (Å²) in [7, 11) is 0. The first-order valence-corrected chi connectivity index (χ1v) is 10.3. The molecule has 0 bridgehead atoms. The summed E-state index contributed by atoms with van der Waals surface area (Å²) >= 11 is 2.81. The average Bonchev–Trinajstić information content (AvgIpc) is 2.73. The summed E-state index contributed by atoms with van der Waals surface area (Å²) in [4.78, 5) is 22.1. The highest BCUT2D eigenvalue weighted by Gasteiger charge is 2.12. The lowest BCUT2D eigenvalue weighted by Crippen LogP contribution is -2.14. The highest BCUT2D eigenvalue weighted by atomic mass is 32.2. The Balaban J connectivity index is 1.73. The number of hydrogen-bond acceptors (Lipinski definition) is 6. The third-order valence-corrected chi connectivity index (χ3v) is 5.42. The Kier molecular flexibility index (Phi) is 6.47. The van der Waals surface area contributed by atoms with Gasteiger partial charge in [0, 0.05) is 11.1 Å². The van der Waals surface area contributed by atoms with Gasteiger partial charge >= 0.3 is 0 Å². The van der Waals surface area contributed by atoms with Crippen molar-refractivity contribution in [1.82, 2.24) is 9.97 Å². The summed E-state index contributed by atoms with van der Waals surface area (Å²) in [6.07, 6.45) is 3.66. The molecule has 0 atom stereocenters. The van der Waals surface area contributed by atoms with Crippen LogP contribution in [0.5, 0.6) is 0 Å². The first-order valence-electron chi connectivity index (χ1n) is 8.09. The Labute approximate surface area is 166 Å². The molecular formula is C20H16N4OS2. The van der Waals surface area contributed by atoms with Crippen LogP contribution in [0.2, 0.25) is 0 Å². The Hall–Kier alpha value is -2.82. The SMILES string of the molecule is CSc1ccccc1NC(=O)CSc1nc(-c2ccccn2)ccc1C#N. The van der Waals surface area contributed by atoms with Crippen LogP contribution in [0.15, 0.2) is 70.7 Å². The normalized spacial score (nSPS) is 10.2. The van der Waals surface area contributed by atoms with Crippen LogP contribution in [0.4, 0.5) is 5.69 Å². The number of benzene rings is 1. The zero-order chi connectivity index (χ0) is 19.1. The van der Waals surface area contributed by atoms with Gasteiger partial charge < -0.3 is 5.32 Å². The van der Waals surface area contributed by atoms with Gasteiger partial charge in [-0.05, 0) is 42.7 Å². The summed E-state index contributed by atoms with van der Waals surface area (Å²) in [6.45, 7) is 0. The molecule has 0 aliphatic carbocycles. The number of para-hydroxylation sites is 1. The van der Waals surface area contributed by atoms with Gasteiger partial charge in [0.2, 0.25) is 5.91 Å². The summed E-state index contributed by atoms with van der Waals surface area (Å²) in [5.74, 6) is 0.0196. The van der Waals surface area contributed by atoms with Gasteiger partial charge in [0.1, 0.15) is 11.1 Å². The lowest BCUT2D eigenvalue weighted by molar-refractivity contribution is -0.113. The quantitative estimate of drug-likeness (QED) is 0.624. The Morgan fingerprint density at radius 1 is 1.11 bits per heavy atom. The topological polar surface area (TPSA) is 78.7 Å². The van der Waals surface area contributed by atoms with Crippen LogP contribution in [0.3, 0.4) is 0 Å². The molecule has 3 aromatic rings. The van der Waals surface area contributed by atoms with Crippen LogP contribution < -0.4 is 5.32 Å². The third-order valence-electron chi connectivity index (χ3n) is 3.63. The molecule has 0 unspecified atom stereocenters. The second-order valence-corrected chi connectivity index (χ2v) is 7.23. The molecule has 0 saturated heterocycles. The van der Waals surface area contributed by atoms with Crippen molar-refractivity contribution >= 4 is 35.1 Å². The van der Waals surface area contributed by atoms with Gasteiger partial charge in [0.05, 0.1) is 28.4 Å². The largest absolute Gasteiger partial charge is 0.324 e. The van der Waals surface area contributed by atoms with Crippen molar-refractivity contribution in [3.05, 3.63) is 66.4 Å². The lowest BCUT2D eigenvalue weighted by atomic mass is 10.2. The monoisotopic (exact) mass is 392 g/mol. The minimum absolute atomic E-state index is 0.143. The number of carbonyl (C=O) groups excluding carboxylic acids is 1. The van der Waals surface area contributed by atoms with Crippen molar-refractivity contribution < 1.29 is 4.79 Å². The standard InChI is InChI=1S/C20H16N4OS2/c1-26-18-8-3-2-7-17(18)23-19(25)13-27-20-14(12-21)9-10-16(24-20)15-6-4-5-11-22-15/h2-11H,13H2,1H3,(H,23,25). The fourth-order valence-electron chi connectivity index (χ4n) is 2.36. The highest BCUT2D eigenvalue weighted by molar-refractivity contribution is 8.00. The first kappa shape index (κ1) is 19.0. The molecule has 5 nitrogen and oxygen atoms in total. The Morgan fingerprint density at radius 3 is 2.67 bits per heavy atom. The maximum absolute atomic E-state index is 12.3. The molecular weight excluding hydrogens is 376 g/mol.